The van der Waals surface area contributed by atoms with E-state index in [4.69, 9.17) is 16.0 Å². The van der Waals surface area contributed by atoms with E-state index in [0.717, 1.165) is 40.5 Å². The predicted molar refractivity (Wildman–Crippen MR) is 116 cm³/mol. The van der Waals surface area contributed by atoms with Crippen LogP contribution < -0.4 is 0 Å². The van der Waals surface area contributed by atoms with Gasteiger partial charge in [-0.05, 0) is 62.4 Å². The van der Waals surface area contributed by atoms with Gasteiger partial charge in [0.2, 0.25) is 0 Å². The number of aliphatic hydroxyl groups is 1. The predicted octanol–water partition coefficient (Wildman–Crippen LogP) is 5.16. The zero-order valence-electron chi connectivity index (χ0n) is 16.9. The largest absolute Gasteiger partial charge is 0.451 e. The molecule has 2 heterocycles. The van der Waals surface area contributed by atoms with Gasteiger partial charge in [0.15, 0.2) is 5.76 Å². The van der Waals surface area contributed by atoms with Gasteiger partial charge in [0.25, 0.3) is 5.91 Å². The Bertz CT molecular complexity index is 1060. The number of amides is 1. The fourth-order valence-corrected chi connectivity index (χ4v) is 4.68. The summed E-state index contributed by atoms with van der Waals surface area (Å²) >= 11 is 6.14. The van der Waals surface area contributed by atoms with Gasteiger partial charge in [-0.3, -0.25) is 4.79 Å². The molecular weight excluding hydrogens is 386 g/mol. The first-order chi connectivity index (χ1) is 13.9. The SMILES string of the molecule is Cc1ccc2c(C)c(C(=O)N3CCCC(CO)(Cc4cccc(Cl)c4)C3)oc2c1. The first-order valence-electron chi connectivity index (χ1n) is 10.1. The zero-order valence-corrected chi connectivity index (χ0v) is 17.6. The third kappa shape index (κ3) is 3.92. The Morgan fingerprint density at radius 2 is 2.07 bits per heavy atom. The molecule has 1 N–H and O–H groups in total. The van der Waals surface area contributed by atoms with E-state index in [1.807, 2.05) is 61.2 Å². The van der Waals surface area contributed by atoms with Crippen LogP contribution in [0.15, 0.2) is 46.9 Å². The maximum atomic E-state index is 13.3. The second-order valence-electron chi connectivity index (χ2n) is 8.35. The van der Waals surface area contributed by atoms with Crippen LogP contribution in [0.2, 0.25) is 5.02 Å². The van der Waals surface area contributed by atoms with Gasteiger partial charge in [-0.25, -0.2) is 0 Å². The number of hydrogen-bond acceptors (Lipinski definition) is 3. The number of likely N-dealkylation sites (tertiary alicyclic amines) is 1. The van der Waals surface area contributed by atoms with E-state index in [9.17, 15) is 9.90 Å². The number of piperidine rings is 1. The van der Waals surface area contributed by atoms with Gasteiger partial charge in [0.1, 0.15) is 5.58 Å². The molecule has 1 aliphatic rings. The van der Waals surface area contributed by atoms with Crippen LogP contribution in [0.4, 0.5) is 0 Å². The Balaban J connectivity index is 1.60. The summed E-state index contributed by atoms with van der Waals surface area (Å²) in [5, 5.41) is 11.9. The van der Waals surface area contributed by atoms with E-state index in [1.165, 1.54) is 0 Å². The average Bonchev–Trinajstić information content (AvgIpc) is 3.03. The molecule has 0 bridgehead atoms. The van der Waals surface area contributed by atoms with E-state index in [0.29, 0.717) is 30.3 Å². The third-order valence-corrected chi connectivity index (χ3v) is 6.28. The summed E-state index contributed by atoms with van der Waals surface area (Å²) in [5.41, 5.74) is 3.44. The number of benzene rings is 2. The maximum Gasteiger partial charge on any atom is 0.289 e. The van der Waals surface area contributed by atoms with Crippen LogP contribution in [-0.2, 0) is 6.42 Å². The smallest absolute Gasteiger partial charge is 0.289 e. The molecule has 4 rings (SSSR count). The molecule has 5 heteroatoms. The minimum atomic E-state index is -0.366. The molecule has 29 heavy (non-hydrogen) atoms. The van der Waals surface area contributed by atoms with Gasteiger partial charge < -0.3 is 14.4 Å². The van der Waals surface area contributed by atoms with Crippen molar-refractivity contribution in [3.8, 4) is 0 Å². The van der Waals surface area contributed by atoms with E-state index in [1.54, 1.807) is 0 Å². The van der Waals surface area contributed by atoms with Crippen LogP contribution in [0.1, 0.15) is 40.1 Å². The molecule has 1 atom stereocenters. The summed E-state index contributed by atoms with van der Waals surface area (Å²) < 4.78 is 5.96. The van der Waals surface area contributed by atoms with Crippen molar-refractivity contribution in [2.75, 3.05) is 19.7 Å². The topological polar surface area (TPSA) is 53.7 Å². The Hall–Kier alpha value is -2.30. The highest BCUT2D eigenvalue weighted by molar-refractivity contribution is 6.30. The Kier molecular flexibility index (Phi) is 5.41. The van der Waals surface area contributed by atoms with Crippen LogP contribution in [0, 0.1) is 19.3 Å². The summed E-state index contributed by atoms with van der Waals surface area (Å²) in [7, 11) is 0. The van der Waals surface area contributed by atoms with E-state index in [2.05, 4.69) is 0 Å². The van der Waals surface area contributed by atoms with Gasteiger partial charge in [-0.1, -0.05) is 35.9 Å². The molecule has 1 fully saturated rings. The molecular formula is C24H26ClNO3. The van der Waals surface area contributed by atoms with Gasteiger partial charge in [-0.15, -0.1) is 0 Å². The summed E-state index contributed by atoms with van der Waals surface area (Å²) in [6.45, 7) is 5.15. The number of aliphatic hydroxyl groups excluding tert-OH is 1. The normalized spacial score (nSPS) is 19.7. The summed E-state index contributed by atoms with van der Waals surface area (Å²) in [6.07, 6.45) is 2.41. The molecule has 152 valence electrons. The lowest BCUT2D eigenvalue weighted by atomic mass is 9.75. The number of hydrogen-bond donors (Lipinski definition) is 1. The molecule has 1 aliphatic heterocycles. The summed E-state index contributed by atoms with van der Waals surface area (Å²) in [5.74, 6) is 0.307. The van der Waals surface area contributed by atoms with Crippen molar-refractivity contribution in [3.05, 3.63) is 69.9 Å². The minimum absolute atomic E-state index is 0.0294. The maximum absolute atomic E-state index is 13.3. The van der Waals surface area contributed by atoms with Crippen molar-refractivity contribution in [1.29, 1.82) is 0 Å². The molecule has 4 nitrogen and oxygen atoms in total. The molecule has 0 radical (unpaired) electrons. The quantitative estimate of drug-likeness (QED) is 0.645. The van der Waals surface area contributed by atoms with E-state index in [-0.39, 0.29) is 17.9 Å². The highest BCUT2D eigenvalue weighted by Crippen LogP contribution is 2.35. The first kappa shape index (κ1) is 20.0. The van der Waals surface area contributed by atoms with Crippen molar-refractivity contribution >= 4 is 28.5 Å². The summed E-state index contributed by atoms with van der Waals surface area (Å²) in [6, 6.07) is 13.7. The lowest BCUT2D eigenvalue weighted by molar-refractivity contribution is 0.0253. The molecule has 0 saturated carbocycles. The molecule has 3 aromatic rings. The molecule has 1 aromatic heterocycles. The van der Waals surface area contributed by atoms with Crippen LogP contribution in [-0.4, -0.2) is 35.6 Å². The number of fused-ring (bicyclic) bond motifs is 1. The number of carbonyl (C=O) groups excluding carboxylic acids is 1. The fourth-order valence-electron chi connectivity index (χ4n) is 4.47. The molecule has 0 aliphatic carbocycles. The second-order valence-corrected chi connectivity index (χ2v) is 8.79. The lowest BCUT2D eigenvalue weighted by Gasteiger charge is -2.41. The van der Waals surface area contributed by atoms with Crippen LogP contribution in [0.5, 0.6) is 0 Å². The summed E-state index contributed by atoms with van der Waals surface area (Å²) in [4.78, 5) is 15.1. The number of nitrogens with zero attached hydrogens (tertiary/aromatic N) is 1. The molecule has 1 unspecified atom stereocenters. The Morgan fingerprint density at radius 1 is 1.24 bits per heavy atom. The van der Waals surface area contributed by atoms with Gasteiger partial charge >= 0.3 is 0 Å². The van der Waals surface area contributed by atoms with Crippen LogP contribution >= 0.6 is 11.6 Å². The van der Waals surface area contributed by atoms with Gasteiger partial charge in [-0.2, -0.15) is 0 Å². The average molecular weight is 412 g/mol. The molecule has 1 saturated heterocycles. The lowest BCUT2D eigenvalue weighted by Crippen LogP contribution is -2.49. The number of aryl methyl sites for hydroxylation is 2. The fraction of sp³-hybridized carbons (Fsp3) is 0.375. The van der Waals surface area contributed by atoms with Crippen LogP contribution in [0.3, 0.4) is 0 Å². The number of halogens is 1. The molecule has 1 amide bonds. The van der Waals surface area contributed by atoms with E-state index < -0.39 is 0 Å². The monoisotopic (exact) mass is 411 g/mol. The number of carbonyl (C=O) groups is 1. The van der Waals surface area contributed by atoms with Crippen molar-refractivity contribution in [1.82, 2.24) is 4.90 Å². The zero-order chi connectivity index (χ0) is 20.6. The Morgan fingerprint density at radius 3 is 2.83 bits per heavy atom. The number of furan rings is 1. The second kappa shape index (κ2) is 7.85. The van der Waals surface area contributed by atoms with Gasteiger partial charge in [0, 0.05) is 34.5 Å². The highest BCUT2D eigenvalue weighted by Gasteiger charge is 2.38. The first-order valence-corrected chi connectivity index (χ1v) is 10.4. The van der Waals surface area contributed by atoms with Gasteiger partial charge in [0.05, 0.1) is 6.61 Å². The highest BCUT2D eigenvalue weighted by atomic mass is 35.5. The van der Waals surface area contributed by atoms with Crippen molar-refractivity contribution in [2.45, 2.75) is 33.1 Å². The van der Waals surface area contributed by atoms with Crippen LogP contribution in [0.25, 0.3) is 11.0 Å². The Labute approximate surface area is 176 Å². The third-order valence-electron chi connectivity index (χ3n) is 6.04. The molecule has 0 spiro atoms. The van der Waals surface area contributed by atoms with Crippen molar-refractivity contribution < 1.29 is 14.3 Å². The van der Waals surface area contributed by atoms with Crippen molar-refractivity contribution in [3.63, 3.8) is 0 Å². The standard InChI is InChI=1S/C24H26ClNO3/c1-16-7-8-20-17(2)22(29-21(20)11-16)23(28)26-10-4-9-24(14-26,15-27)13-18-5-3-6-19(25)12-18/h3,5-8,11-12,27H,4,9-10,13-15H2,1-2H3. The van der Waals surface area contributed by atoms with Crippen molar-refractivity contribution in [2.24, 2.45) is 5.41 Å². The minimum Gasteiger partial charge on any atom is -0.451 e. The number of rotatable bonds is 4. The van der Waals surface area contributed by atoms with E-state index >= 15 is 0 Å². The molecule has 2 aromatic carbocycles.